The Morgan fingerprint density at radius 1 is 1.43 bits per heavy atom. The van der Waals surface area contributed by atoms with Crippen molar-refractivity contribution in [1.29, 1.82) is 0 Å². The highest BCUT2D eigenvalue weighted by Crippen LogP contribution is 2.25. The zero-order valence-electron chi connectivity index (χ0n) is 11.3. The summed E-state index contributed by atoms with van der Waals surface area (Å²) in [5.41, 5.74) is 3.69. The van der Waals surface area contributed by atoms with E-state index in [1.165, 1.54) is 18.0 Å². The lowest BCUT2D eigenvalue weighted by Crippen LogP contribution is -2.04. The van der Waals surface area contributed by atoms with Crippen LogP contribution in [-0.2, 0) is 11.3 Å². The number of aliphatic carboxylic acids is 1. The van der Waals surface area contributed by atoms with Gasteiger partial charge in [-0.05, 0) is 24.6 Å². The summed E-state index contributed by atoms with van der Waals surface area (Å²) in [4.78, 5) is 15.3. The van der Waals surface area contributed by atoms with Crippen LogP contribution in [0.15, 0.2) is 40.2 Å². The molecular formula is C14H13N3O3S. The van der Waals surface area contributed by atoms with Crippen molar-refractivity contribution < 1.29 is 14.4 Å². The average molecular weight is 303 g/mol. The van der Waals surface area contributed by atoms with E-state index in [0.717, 1.165) is 22.3 Å². The first-order chi connectivity index (χ1) is 10.1. The summed E-state index contributed by atoms with van der Waals surface area (Å²) in [6, 6.07) is 7.77. The number of carboxylic acid groups (broad SMARTS) is 1. The highest BCUT2D eigenvalue weighted by molar-refractivity contribution is 7.99. The molecule has 0 aliphatic carbocycles. The fourth-order valence-corrected chi connectivity index (χ4v) is 2.82. The van der Waals surface area contributed by atoms with Crippen LogP contribution in [0.2, 0.25) is 0 Å². The van der Waals surface area contributed by atoms with Crippen molar-refractivity contribution in [3.8, 4) is 0 Å². The molecule has 0 unspecified atom stereocenters. The van der Waals surface area contributed by atoms with Crippen LogP contribution in [0, 0.1) is 6.92 Å². The van der Waals surface area contributed by atoms with Gasteiger partial charge in [0.1, 0.15) is 12.0 Å². The lowest BCUT2D eigenvalue weighted by molar-refractivity contribution is -0.133. The van der Waals surface area contributed by atoms with Gasteiger partial charge in [-0.15, -0.1) is 0 Å². The van der Waals surface area contributed by atoms with E-state index >= 15 is 0 Å². The van der Waals surface area contributed by atoms with Gasteiger partial charge in [0, 0.05) is 6.07 Å². The monoisotopic (exact) mass is 303 g/mol. The average Bonchev–Trinajstić information content (AvgIpc) is 3.05. The number of fused-ring (bicyclic) bond motifs is 1. The second kappa shape index (κ2) is 5.61. The molecule has 0 spiro atoms. The number of hydrogen-bond acceptors (Lipinski definition) is 5. The van der Waals surface area contributed by atoms with Gasteiger partial charge in [-0.3, -0.25) is 4.79 Å². The molecule has 108 valence electrons. The second-order valence-electron chi connectivity index (χ2n) is 4.65. The Bertz CT molecular complexity index is 780. The van der Waals surface area contributed by atoms with Crippen molar-refractivity contribution in [2.45, 2.75) is 18.6 Å². The van der Waals surface area contributed by atoms with E-state index in [4.69, 9.17) is 9.63 Å². The van der Waals surface area contributed by atoms with Crippen LogP contribution in [0.25, 0.3) is 11.0 Å². The van der Waals surface area contributed by atoms with Gasteiger partial charge in [-0.1, -0.05) is 23.0 Å². The van der Waals surface area contributed by atoms with E-state index in [-0.39, 0.29) is 5.75 Å². The molecule has 21 heavy (non-hydrogen) atoms. The van der Waals surface area contributed by atoms with Crippen molar-refractivity contribution in [2.75, 3.05) is 5.75 Å². The number of rotatable bonds is 5. The lowest BCUT2D eigenvalue weighted by Gasteiger charge is -2.05. The lowest BCUT2D eigenvalue weighted by atomic mass is 10.2. The predicted octanol–water partition coefficient (Wildman–Crippen LogP) is 2.56. The van der Waals surface area contributed by atoms with Crippen LogP contribution in [0.5, 0.6) is 0 Å². The summed E-state index contributed by atoms with van der Waals surface area (Å²) in [5, 5.41) is 13.4. The second-order valence-corrected chi connectivity index (χ2v) is 5.59. The maximum absolute atomic E-state index is 10.8. The molecule has 1 N–H and O–H groups in total. The van der Waals surface area contributed by atoms with Gasteiger partial charge in [-0.25, -0.2) is 4.98 Å². The predicted molar refractivity (Wildman–Crippen MR) is 78.4 cm³/mol. The largest absolute Gasteiger partial charge is 0.481 e. The van der Waals surface area contributed by atoms with E-state index in [2.05, 4.69) is 10.1 Å². The van der Waals surface area contributed by atoms with E-state index in [0.29, 0.717) is 11.7 Å². The maximum Gasteiger partial charge on any atom is 0.313 e. The number of thioether (sulfide) groups is 1. The topological polar surface area (TPSA) is 81.1 Å². The van der Waals surface area contributed by atoms with Crippen LogP contribution in [0.1, 0.15) is 11.3 Å². The van der Waals surface area contributed by atoms with E-state index in [1.807, 2.05) is 29.7 Å². The van der Waals surface area contributed by atoms with E-state index in [1.54, 1.807) is 6.07 Å². The van der Waals surface area contributed by atoms with Crippen molar-refractivity contribution >= 4 is 28.8 Å². The molecule has 0 radical (unpaired) electrons. The highest BCUT2D eigenvalue weighted by Gasteiger charge is 2.14. The Balaban J connectivity index is 2.03. The molecule has 1 aromatic carbocycles. The van der Waals surface area contributed by atoms with Crippen LogP contribution >= 0.6 is 11.8 Å². The molecule has 0 atom stereocenters. The molecule has 0 amide bonds. The smallest absolute Gasteiger partial charge is 0.313 e. The van der Waals surface area contributed by atoms with Crippen molar-refractivity contribution in [3.63, 3.8) is 0 Å². The zero-order valence-corrected chi connectivity index (χ0v) is 12.1. The van der Waals surface area contributed by atoms with Gasteiger partial charge in [0.15, 0.2) is 5.16 Å². The molecule has 0 aliphatic rings. The Morgan fingerprint density at radius 2 is 2.29 bits per heavy atom. The SMILES string of the molecule is Cc1ccc2c(c1)nc(SCC(=O)O)n2Cc1ccon1. The molecule has 0 bridgehead atoms. The summed E-state index contributed by atoms with van der Waals surface area (Å²) in [5.74, 6) is -0.891. The van der Waals surface area contributed by atoms with Crippen molar-refractivity contribution in [3.05, 3.63) is 41.8 Å². The Kier molecular flexibility index (Phi) is 3.66. The number of carboxylic acids is 1. The van der Waals surface area contributed by atoms with Crippen molar-refractivity contribution in [2.24, 2.45) is 0 Å². The van der Waals surface area contributed by atoms with Crippen LogP contribution in [0.3, 0.4) is 0 Å². The number of carbonyl (C=O) groups is 1. The molecular weight excluding hydrogens is 290 g/mol. The maximum atomic E-state index is 10.8. The number of hydrogen-bond donors (Lipinski definition) is 1. The molecule has 2 heterocycles. The molecule has 0 fully saturated rings. The quantitative estimate of drug-likeness (QED) is 0.730. The molecule has 3 aromatic rings. The Hall–Kier alpha value is -2.28. The fraction of sp³-hybridized carbons (Fsp3) is 0.214. The highest BCUT2D eigenvalue weighted by atomic mass is 32.2. The minimum atomic E-state index is -0.865. The number of aryl methyl sites for hydroxylation is 1. The summed E-state index contributed by atoms with van der Waals surface area (Å²) < 4.78 is 6.81. The third-order valence-corrected chi connectivity index (χ3v) is 3.97. The van der Waals surface area contributed by atoms with Gasteiger partial charge >= 0.3 is 5.97 Å². The first kappa shape index (κ1) is 13.7. The summed E-state index contributed by atoms with van der Waals surface area (Å²) >= 11 is 1.20. The molecule has 6 nitrogen and oxygen atoms in total. The van der Waals surface area contributed by atoms with Gasteiger partial charge in [0.2, 0.25) is 0 Å². The van der Waals surface area contributed by atoms with Gasteiger partial charge in [-0.2, -0.15) is 0 Å². The number of nitrogens with zero attached hydrogens (tertiary/aromatic N) is 3. The number of aromatic nitrogens is 3. The molecule has 7 heteroatoms. The van der Waals surface area contributed by atoms with Crippen LogP contribution < -0.4 is 0 Å². The first-order valence-corrected chi connectivity index (χ1v) is 7.33. The molecule has 0 saturated heterocycles. The number of benzene rings is 1. The summed E-state index contributed by atoms with van der Waals surface area (Å²) in [6.07, 6.45) is 1.52. The fourth-order valence-electron chi connectivity index (χ4n) is 2.09. The van der Waals surface area contributed by atoms with Gasteiger partial charge in [0.05, 0.1) is 23.3 Å². The third kappa shape index (κ3) is 2.92. The summed E-state index contributed by atoms with van der Waals surface area (Å²) in [7, 11) is 0. The van der Waals surface area contributed by atoms with Crippen molar-refractivity contribution in [1.82, 2.24) is 14.7 Å². The molecule has 0 saturated carbocycles. The van der Waals surface area contributed by atoms with E-state index in [9.17, 15) is 4.79 Å². The van der Waals surface area contributed by atoms with Crippen LogP contribution in [0.4, 0.5) is 0 Å². The van der Waals surface area contributed by atoms with Gasteiger partial charge in [0.25, 0.3) is 0 Å². The minimum Gasteiger partial charge on any atom is -0.481 e. The van der Waals surface area contributed by atoms with Gasteiger partial charge < -0.3 is 14.2 Å². The minimum absolute atomic E-state index is 0.0267. The zero-order chi connectivity index (χ0) is 14.8. The molecule has 2 aromatic heterocycles. The molecule has 3 rings (SSSR count). The van der Waals surface area contributed by atoms with E-state index < -0.39 is 5.97 Å². The van der Waals surface area contributed by atoms with Crippen LogP contribution in [-0.4, -0.2) is 31.5 Å². The third-order valence-electron chi connectivity index (χ3n) is 3.00. The number of imidazole rings is 1. The Morgan fingerprint density at radius 3 is 3.00 bits per heavy atom. The normalized spacial score (nSPS) is 11.1. The Labute approximate surface area is 124 Å². The first-order valence-electron chi connectivity index (χ1n) is 6.34. The molecule has 0 aliphatic heterocycles. The summed E-state index contributed by atoms with van der Waals surface area (Å²) in [6.45, 7) is 2.50. The standard InChI is InChI=1S/C14H13N3O3S/c1-9-2-3-12-11(6-9)15-14(21-8-13(18)19)17(12)7-10-4-5-20-16-10/h2-6H,7-8H2,1H3,(H,18,19).